The smallest absolute Gasteiger partial charge is 0.315 e. The van der Waals surface area contributed by atoms with E-state index in [2.05, 4.69) is 42.0 Å². The summed E-state index contributed by atoms with van der Waals surface area (Å²) in [6.07, 6.45) is 5.43. The van der Waals surface area contributed by atoms with E-state index in [1.165, 1.54) is 0 Å². The summed E-state index contributed by atoms with van der Waals surface area (Å²) in [5.41, 5.74) is 1.69. The molecule has 0 aromatic heterocycles. The largest absolute Gasteiger partial charge is 0.460 e. The molecule has 2 rings (SSSR count). The second kappa shape index (κ2) is 33.1. The van der Waals surface area contributed by atoms with Gasteiger partial charge in [0.25, 0.3) is 0 Å². The van der Waals surface area contributed by atoms with E-state index < -0.39 is 17.9 Å². The molecular formula is C46H70N4O11. The van der Waals surface area contributed by atoms with E-state index in [1.807, 2.05) is 48.5 Å². The van der Waals surface area contributed by atoms with E-state index in [4.69, 9.17) is 23.7 Å². The average molecular weight is 855 g/mol. The summed E-state index contributed by atoms with van der Waals surface area (Å²) < 4.78 is 26.9. The maximum Gasteiger partial charge on any atom is 0.315 e. The number of carbonyl (C=O) groups excluding carboxylic acids is 6. The van der Waals surface area contributed by atoms with Crippen molar-refractivity contribution in [1.29, 1.82) is 0 Å². The monoisotopic (exact) mass is 855 g/mol. The van der Waals surface area contributed by atoms with Gasteiger partial charge in [0.2, 0.25) is 17.7 Å². The molecule has 0 spiro atoms. The Bertz CT molecular complexity index is 1540. The number of esters is 1. The van der Waals surface area contributed by atoms with Gasteiger partial charge in [-0.15, -0.1) is 0 Å². The Morgan fingerprint density at radius 1 is 0.574 bits per heavy atom. The number of hydrogen-bond donors (Lipinski definition) is 4. The number of ether oxygens (including phenoxy) is 5. The van der Waals surface area contributed by atoms with Gasteiger partial charge in [0.05, 0.1) is 65.4 Å². The average Bonchev–Trinajstić information content (AvgIpc) is 3.24. The zero-order valence-electron chi connectivity index (χ0n) is 36.6. The molecule has 0 radical (unpaired) electrons. The van der Waals surface area contributed by atoms with Crippen LogP contribution in [0.3, 0.4) is 0 Å². The molecule has 0 saturated heterocycles. The Balaban J connectivity index is 1.39. The number of ketones is 2. The van der Waals surface area contributed by atoms with Gasteiger partial charge in [-0.1, -0.05) is 87.9 Å². The van der Waals surface area contributed by atoms with Crippen LogP contribution in [0.25, 0.3) is 0 Å². The highest BCUT2D eigenvalue weighted by Crippen LogP contribution is 2.22. The van der Waals surface area contributed by atoms with Crippen molar-refractivity contribution in [3.63, 3.8) is 0 Å². The van der Waals surface area contributed by atoms with Crippen molar-refractivity contribution in [3.05, 3.63) is 71.8 Å². The molecule has 61 heavy (non-hydrogen) atoms. The van der Waals surface area contributed by atoms with Gasteiger partial charge in [0.15, 0.2) is 5.78 Å². The van der Waals surface area contributed by atoms with E-state index in [-0.39, 0.29) is 87.6 Å². The Kier molecular flexibility index (Phi) is 28.6. The molecule has 0 unspecified atom stereocenters. The predicted molar refractivity (Wildman–Crippen MR) is 232 cm³/mol. The fraction of sp³-hybridized carbons (Fsp3) is 0.609. The molecular weight excluding hydrogens is 785 g/mol. The predicted octanol–water partition coefficient (Wildman–Crippen LogP) is 4.50. The molecule has 0 saturated carbocycles. The van der Waals surface area contributed by atoms with Gasteiger partial charge >= 0.3 is 5.97 Å². The van der Waals surface area contributed by atoms with Gasteiger partial charge in [-0.25, -0.2) is 0 Å². The first-order chi connectivity index (χ1) is 29.4. The zero-order chi connectivity index (χ0) is 44.4. The molecule has 340 valence electrons. The number of rotatable bonds is 36. The third-order valence-corrected chi connectivity index (χ3v) is 9.21. The number of Topliss-reactive ketones (excluding diaryl/α,β-unsaturated/α-hetero) is 2. The van der Waals surface area contributed by atoms with Crippen LogP contribution in [0.4, 0.5) is 0 Å². The number of unbranched alkanes of at least 4 members (excludes halogenated alkanes) is 2. The fourth-order valence-electron chi connectivity index (χ4n) is 5.81. The van der Waals surface area contributed by atoms with Gasteiger partial charge in [0, 0.05) is 44.5 Å². The number of hydrogen-bond acceptors (Lipinski definition) is 12. The molecule has 0 heterocycles. The minimum Gasteiger partial charge on any atom is -0.460 e. The minimum atomic E-state index is -0.601. The SMILES string of the molecule is CC(C)(C)CCCCC(=O)[C@H](CCCCNC(=O)CCOCCOCCNC(=O)CCOCCOCCNC(=O)CC(=O)OCc1ccccc1)NCC(=O)c1ccccc1. The first-order valence-corrected chi connectivity index (χ1v) is 21.6. The van der Waals surface area contributed by atoms with Crippen molar-refractivity contribution < 1.29 is 52.5 Å². The van der Waals surface area contributed by atoms with E-state index in [0.717, 1.165) is 31.2 Å². The molecule has 2 aromatic carbocycles. The first-order valence-electron chi connectivity index (χ1n) is 21.6. The summed E-state index contributed by atoms with van der Waals surface area (Å²) in [5.74, 6) is -1.25. The van der Waals surface area contributed by atoms with Crippen LogP contribution in [0.2, 0.25) is 0 Å². The highest BCUT2D eigenvalue weighted by atomic mass is 16.5. The third-order valence-electron chi connectivity index (χ3n) is 9.21. The lowest BCUT2D eigenvalue weighted by atomic mass is 9.89. The number of carbonyl (C=O) groups is 6. The second-order valence-electron chi connectivity index (χ2n) is 15.8. The molecule has 4 N–H and O–H groups in total. The van der Waals surface area contributed by atoms with Crippen molar-refractivity contribution in [2.45, 2.75) is 97.6 Å². The van der Waals surface area contributed by atoms with Gasteiger partial charge in [-0.2, -0.15) is 0 Å². The Labute approximate surface area is 362 Å². The van der Waals surface area contributed by atoms with Crippen molar-refractivity contribution in [1.82, 2.24) is 21.3 Å². The van der Waals surface area contributed by atoms with E-state index in [9.17, 15) is 28.8 Å². The van der Waals surface area contributed by atoms with Crippen LogP contribution in [0, 0.1) is 5.41 Å². The summed E-state index contributed by atoms with van der Waals surface area (Å²) in [4.78, 5) is 73.7. The maximum absolute atomic E-state index is 13.1. The van der Waals surface area contributed by atoms with E-state index >= 15 is 0 Å². The summed E-state index contributed by atoms with van der Waals surface area (Å²) in [5, 5.41) is 11.5. The highest BCUT2D eigenvalue weighted by Gasteiger charge is 2.20. The van der Waals surface area contributed by atoms with Crippen LogP contribution < -0.4 is 21.3 Å². The van der Waals surface area contributed by atoms with Crippen molar-refractivity contribution >= 4 is 35.3 Å². The van der Waals surface area contributed by atoms with Gasteiger partial charge in [0.1, 0.15) is 18.8 Å². The molecule has 0 bridgehead atoms. The Hall–Kier alpha value is -4.54. The van der Waals surface area contributed by atoms with Crippen LogP contribution in [-0.4, -0.2) is 120 Å². The lowest BCUT2D eigenvalue weighted by Crippen LogP contribution is -2.40. The van der Waals surface area contributed by atoms with Crippen molar-refractivity contribution in [2.24, 2.45) is 5.41 Å². The quantitative estimate of drug-likeness (QED) is 0.0325. The summed E-state index contributed by atoms with van der Waals surface area (Å²) in [6, 6.07) is 17.9. The normalized spacial score (nSPS) is 11.7. The number of benzene rings is 2. The highest BCUT2D eigenvalue weighted by molar-refractivity contribution is 5.98. The second-order valence-corrected chi connectivity index (χ2v) is 15.8. The molecule has 1 atom stereocenters. The standard InChI is InChI=1S/C46H70N4O11/c1-46(2,3)22-12-10-19-40(51)39(50-35-41(52)38-16-8-5-9-17-38)18-11-13-23-47-42(53)20-26-57-30-32-59-28-24-48-43(54)21-27-58-31-33-60-29-25-49-44(55)34-45(56)61-36-37-14-6-4-7-15-37/h4-9,14-17,39,50H,10-13,18-36H2,1-3H3,(H,47,53)(H,48,54)(H,49,55)/t39-/m0/s1. The molecule has 15 nitrogen and oxygen atoms in total. The lowest BCUT2D eigenvalue weighted by molar-refractivity contribution is -0.147. The molecule has 0 fully saturated rings. The molecule has 0 aliphatic heterocycles. The summed E-state index contributed by atoms with van der Waals surface area (Å²) in [6.45, 7) is 10.2. The van der Waals surface area contributed by atoms with E-state index in [1.54, 1.807) is 12.1 Å². The first kappa shape index (κ1) is 52.6. The minimum absolute atomic E-state index is 0.0481. The third kappa shape index (κ3) is 29.4. The van der Waals surface area contributed by atoms with Crippen LogP contribution >= 0.6 is 0 Å². The maximum atomic E-state index is 13.1. The topological polar surface area (TPSA) is 197 Å². The molecule has 3 amide bonds. The summed E-state index contributed by atoms with van der Waals surface area (Å²) >= 11 is 0. The lowest BCUT2D eigenvalue weighted by Gasteiger charge is -2.19. The van der Waals surface area contributed by atoms with Gasteiger partial charge < -0.3 is 45.0 Å². The van der Waals surface area contributed by atoms with Crippen LogP contribution in [0.1, 0.15) is 101 Å². The van der Waals surface area contributed by atoms with Crippen LogP contribution in [-0.2, 0) is 54.3 Å². The Morgan fingerprint density at radius 2 is 1.11 bits per heavy atom. The number of amides is 3. The molecule has 15 heteroatoms. The van der Waals surface area contributed by atoms with Gasteiger partial charge in [-0.05, 0) is 43.1 Å². The molecule has 0 aliphatic carbocycles. The number of nitrogens with one attached hydrogen (secondary N) is 4. The fourth-order valence-corrected chi connectivity index (χ4v) is 5.81. The van der Waals surface area contributed by atoms with Crippen LogP contribution in [0.5, 0.6) is 0 Å². The molecule has 2 aromatic rings. The van der Waals surface area contributed by atoms with Crippen molar-refractivity contribution in [3.8, 4) is 0 Å². The summed E-state index contributed by atoms with van der Waals surface area (Å²) in [7, 11) is 0. The van der Waals surface area contributed by atoms with Crippen LogP contribution in [0.15, 0.2) is 60.7 Å². The zero-order valence-corrected chi connectivity index (χ0v) is 36.6. The van der Waals surface area contributed by atoms with Crippen molar-refractivity contribution in [2.75, 3.05) is 79.0 Å². The Morgan fingerprint density at radius 3 is 1.70 bits per heavy atom. The van der Waals surface area contributed by atoms with E-state index in [0.29, 0.717) is 70.9 Å². The van der Waals surface area contributed by atoms with Gasteiger partial charge in [-0.3, -0.25) is 28.8 Å². The molecule has 0 aliphatic rings.